The van der Waals surface area contributed by atoms with Gasteiger partial charge in [-0.1, -0.05) is 30.6 Å². The number of nitrogen functional groups attached to an aromatic ring is 1. The summed E-state index contributed by atoms with van der Waals surface area (Å²) in [6, 6.07) is 9.22. The number of rotatable bonds is 5. The molecule has 130 valence electrons. The van der Waals surface area contributed by atoms with Crippen LogP contribution in [-0.4, -0.2) is 21.7 Å². The van der Waals surface area contributed by atoms with Gasteiger partial charge >= 0.3 is 0 Å². The van der Waals surface area contributed by atoms with Crippen molar-refractivity contribution in [3.63, 3.8) is 0 Å². The van der Waals surface area contributed by atoms with E-state index in [-0.39, 0.29) is 0 Å². The Kier molecular flexibility index (Phi) is 4.65. The lowest BCUT2D eigenvalue weighted by molar-refractivity contribution is 0.373. The predicted octanol–water partition coefficient (Wildman–Crippen LogP) is 4.45. The fraction of sp³-hybridized carbons (Fsp3) is 0.389. The lowest BCUT2D eigenvalue weighted by Gasteiger charge is -2.21. The average molecular weight is 355 g/mol. The summed E-state index contributed by atoms with van der Waals surface area (Å²) in [5, 5.41) is 12.2. The number of nitrogens with two attached hydrogens (primary N) is 1. The van der Waals surface area contributed by atoms with Crippen molar-refractivity contribution in [1.82, 2.24) is 15.2 Å². The van der Waals surface area contributed by atoms with Gasteiger partial charge in [-0.15, -0.1) is 10.2 Å². The van der Waals surface area contributed by atoms with Crippen molar-refractivity contribution in [2.45, 2.75) is 32.1 Å². The normalized spacial score (nSPS) is 15.4. The second-order valence-corrected chi connectivity index (χ2v) is 7.46. The summed E-state index contributed by atoms with van der Waals surface area (Å²) in [4.78, 5) is 4.66. The van der Waals surface area contributed by atoms with E-state index in [0.29, 0.717) is 17.4 Å². The molecule has 2 aromatic heterocycles. The summed E-state index contributed by atoms with van der Waals surface area (Å²) in [5.74, 6) is 2.30. The minimum absolute atomic E-state index is 0.374. The van der Waals surface area contributed by atoms with Gasteiger partial charge in [0, 0.05) is 18.7 Å². The minimum Gasteiger partial charge on any atom is -0.437 e. The Morgan fingerprint density at radius 3 is 2.80 bits per heavy atom. The van der Waals surface area contributed by atoms with Crippen molar-refractivity contribution < 1.29 is 4.74 Å². The Balaban J connectivity index is 1.44. The van der Waals surface area contributed by atoms with Crippen molar-refractivity contribution in [2.75, 3.05) is 17.6 Å². The van der Waals surface area contributed by atoms with Gasteiger partial charge in [-0.25, -0.2) is 4.98 Å². The molecule has 0 spiro atoms. The average Bonchev–Trinajstić information content (AvgIpc) is 3.05. The van der Waals surface area contributed by atoms with E-state index in [4.69, 9.17) is 10.5 Å². The van der Waals surface area contributed by atoms with Crippen LogP contribution in [0.15, 0.2) is 30.3 Å². The molecule has 1 aliphatic carbocycles. The first-order chi connectivity index (χ1) is 12.3. The molecular weight excluding hydrogens is 334 g/mol. The number of anilines is 2. The van der Waals surface area contributed by atoms with Crippen LogP contribution in [0.4, 0.5) is 10.9 Å². The number of aromatic nitrogens is 3. The third-order valence-electron chi connectivity index (χ3n) is 4.51. The van der Waals surface area contributed by atoms with Crippen LogP contribution in [0.2, 0.25) is 0 Å². The maximum atomic E-state index is 5.74. The first kappa shape index (κ1) is 16.1. The summed E-state index contributed by atoms with van der Waals surface area (Å²) in [6.07, 6.45) is 6.78. The Morgan fingerprint density at radius 1 is 1.12 bits per heavy atom. The van der Waals surface area contributed by atoms with E-state index in [1.54, 1.807) is 23.5 Å². The monoisotopic (exact) mass is 355 g/mol. The third kappa shape index (κ3) is 3.99. The molecule has 1 fully saturated rings. The highest BCUT2D eigenvalue weighted by Gasteiger charge is 2.14. The summed E-state index contributed by atoms with van der Waals surface area (Å²) < 4.78 is 6.83. The number of benzene rings is 1. The molecule has 1 saturated carbocycles. The van der Waals surface area contributed by atoms with Gasteiger partial charge in [0.15, 0.2) is 5.13 Å². The van der Waals surface area contributed by atoms with E-state index < -0.39 is 0 Å². The maximum absolute atomic E-state index is 5.74. The van der Waals surface area contributed by atoms with Crippen molar-refractivity contribution in [3.05, 3.63) is 30.3 Å². The minimum atomic E-state index is 0.374. The summed E-state index contributed by atoms with van der Waals surface area (Å²) in [7, 11) is 0. The van der Waals surface area contributed by atoms with Gasteiger partial charge in [0.05, 0.1) is 10.2 Å². The first-order valence-electron chi connectivity index (χ1n) is 8.68. The molecule has 0 unspecified atom stereocenters. The van der Waals surface area contributed by atoms with Crippen LogP contribution in [0.25, 0.3) is 10.2 Å². The van der Waals surface area contributed by atoms with Gasteiger partial charge in [0.25, 0.3) is 0 Å². The highest BCUT2D eigenvalue weighted by molar-refractivity contribution is 7.22. The molecule has 0 saturated heterocycles. The van der Waals surface area contributed by atoms with Gasteiger partial charge in [0.2, 0.25) is 5.88 Å². The highest BCUT2D eigenvalue weighted by atomic mass is 32.1. The van der Waals surface area contributed by atoms with Crippen LogP contribution in [-0.2, 0) is 0 Å². The summed E-state index contributed by atoms with van der Waals surface area (Å²) in [5.41, 5.74) is 6.52. The highest BCUT2D eigenvalue weighted by Crippen LogP contribution is 2.31. The number of thiazole rings is 1. The molecule has 0 bridgehead atoms. The SMILES string of the molecule is Nc1ccc(Oc2ccc3nc(NCC4CCCCC4)sc3c2)nn1. The number of hydrogen-bond acceptors (Lipinski definition) is 7. The van der Waals surface area contributed by atoms with Crippen LogP contribution in [0.1, 0.15) is 32.1 Å². The molecule has 6 nitrogen and oxygen atoms in total. The molecule has 1 aromatic carbocycles. The molecule has 2 heterocycles. The lowest BCUT2D eigenvalue weighted by atomic mass is 9.89. The largest absolute Gasteiger partial charge is 0.437 e. The molecule has 0 atom stereocenters. The second-order valence-electron chi connectivity index (χ2n) is 6.43. The molecule has 3 aromatic rings. The van der Waals surface area contributed by atoms with Gasteiger partial charge in [-0.3, -0.25) is 0 Å². The zero-order chi connectivity index (χ0) is 17.1. The number of nitrogens with zero attached hydrogens (tertiary/aromatic N) is 3. The molecule has 4 rings (SSSR count). The van der Waals surface area contributed by atoms with Gasteiger partial charge < -0.3 is 15.8 Å². The molecule has 7 heteroatoms. The summed E-state index contributed by atoms with van der Waals surface area (Å²) in [6.45, 7) is 1.02. The van der Waals surface area contributed by atoms with Gasteiger partial charge in [-0.2, -0.15) is 0 Å². The van der Waals surface area contributed by atoms with E-state index in [1.807, 2.05) is 18.2 Å². The molecule has 1 aliphatic rings. The van der Waals surface area contributed by atoms with E-state index in [9.17, 15) is 0 Å². The van der Waals surface area contributed by atoms with Crippen LogP contribution >= 0.6 is 11.3 Å². The Morgan fingerprint density at radius 2 is 2.00 bits per heavy atom. The van der Waals surface area contributed by atoms with Crippen molar-refractivity contribution in [3.8, 4) is 11.6 Å². The fourth-order valence-corrected chi connectivity index (χ4v) is 4.07. The Labute approximate surface area is 150 Å². The van der Waals surface area contributed by atoms with Gasteiger partial charge in [0.1, 0.15) is 11.6 Å². The fourth-order valence-electron chi connectivity index (χ4n) is 3.17. The van der Waals surface area contributed by atoms with Crippen LogP contribution in [0.5, 0.6) is 11.6 Å². The van der Waals surface area contributed by atoms with Crippen LogP contribution in [0, 0.1) is 5.92 Å². The number of nitrogens with one attached hydrogen (secondary N) is 1. The van der Waals surface area contributed by atoms with E-state index in [0.717, 1.165) is 27.8 Å². The quantitative estimate of drug-likeness (QED) is 0.703. The van der Waals surface area contributed by atoms with Crippen LogP contribution in [0.3, 0.4) is 0 Å². The first-order valence-corrected chi connectivity index (χ1v) is 9.49. The Hall–Kier alpha value is -2.41. The van der Waals surface area contributed by atoms with Crippen LogP contribution < -0.4 is 15.8 Å². The number of hydrogen-bond donors (Lipinski definition) is 2. The molecule has 25 heavy (non-hydrogen) atoms. The molecule has 0 amide bonds. The summed E-state index contributed by atoms with van der Waals surface area (Å²) >= 11 is 1.65. The maximum Gasteiger partial charge on any atom is 0.238 e. The zero-order valence-corrected chi connectivity index (χ0v) is 14.8. The zero-order valence-electron chi connectivity index (χ0n) is 13.9. The lowest BCUT2D eigenvalue weighted by Crippen LogP contribution is -2.16. The van der Waals surface area contributed by atoms with Crippen molar-refractivity contribution in [2.24, 2.45) is 5.92 Å². The second kappa shape index (κ2) is 7.23. The Bertz CT molecular complexity index is 842. The smallest absolute Gasteiger partial charge is 0.238 e. The molecule has 3 N–H and O–H groups in total. The topological polar surface area (TPSA) is 86.0 Å². The van der Waals surface area contributed by atoms with Gasteiger partial charge in [-0.05, 0) is 37.0 Å². The van der Waals surface area contributed by atoms with E-state index in [2.05, 4.69) is 20.5 Å². The molecule has 0 radical (unpaired) electrons. The molecular formula is C18H21N5OS. The standard InChI is InChI=1S/C18H21N5OS/c19-16-8-9-17(23-22-16)24-13-6-7-14-15(10-13)25-18(21-14)20-11-12-4-2-1-3-5-12/h6-10,12H,1-5,11H2,(H2,19,22)(H,20,21). The predicted molar refractivity (Wildman–Crippen MR) is 101 cm³/mol. The third-order valence-corrected chi connectivity index (χ3v) is 5.49. The van der Waals surface area contributed by atoms with Crippen molar-refractivity contribution >= 4 is 32.5 Å². The number of ether oxygens (including phenoxy) is 1. The van der Waals surface area contributed by atoms with Crippen molar-refractivity contribution in [1.29, 1.82) is 0 Å². The number of fused-ring (bicyclic) bond motifs is 1. The van der Waals surface area contributed by atoms with E-state index >= 15 is 0 Å². The van der Waals surface area contributed by atoms with E-state index in [1.165, 1.54) is 32.1 Å². The molecule has 0 aliphatic heterocycles.